The predicted molar refractivity (Wildman–Crippen MR) is 59.2 cm³/mol. The highest BCUT2D eigenvalue weighted by atomic mass is 19.4. The topological polar surface area (TPSA) is 75.3 Å². The fraction of sp³-hybridized carbons (Fsp3) is 0.636. The van der Waals surface area contributed by atoms with Gasteiger partial charge in [0.1, 0.15) is 0 Å². The van der Waals surface area contributed by atoms with E-state index in [4.69, 9.17) is 9.90 Å². The summed E-state index contributed by atoms with van der Waals surface area (Å²) in [5.41, 5.74) is -0.693. The quantitative estimate of drug-likeness (QED) is 0.826. The first kappa shape index (κ1) is 15.5. The van der Waals surface area contributed by atoms with Crippen LogP contribution >= 0.6 is 0 Å². The number of aliphatic hydroxyl groups is 1. The second kappa shape index (κ2) is 6.05. The molecule has 0 bridgehead atoms. The van der Waals surface area contributed by atoms with Crippen LogP contribution in [0.1, 0.15) is 32.1 Å². The SMILES string of the molecule is O=C(O)C(F)(F)F.OC1(n2cccn2)CCCCC1. The minimum absolute atomic E-state index is 0.693. The molecule has 0 saturated heterocycles. The Labute approximate surface area is 107 Å². The second-order valence-corrected chi connectivity index (χ2v) is 4.30. The van der Waals surface area contributed by atoms with Crippen molar-refractivity contribution >= 4 is 5.97 Å². The van der Waals surface area contributed by atoms with Crippen LogP contribution < -0.4 is 0 Å². The van der Waals surface area contributed by atoms with Crippen LogP contribution in [-0.4, -0.2) is 32.1 Å². The minimum atomic E-state index is -5.08. The van der Waals surface area contributed by atoms with E-state index in [0.29, 0.717) is 0 Å². The van der Waals surface area contributed by atoms with Gasteiger partial charge in [-0.3, -0.25) is 0 Å². The van der Waals surface area contributed by atoms with Gasteiger partial charge in [0, 0.05) is 12.4 Å². The van der Waals surface area contributed by atoms with Gasteiger partial charge in [-0.25, -0.2) is 9.48 Å². The third-order valence-electron chi connectivity index (χ3n) is 2.83. The summed E-state index contributed by atoms with van der Waals surface area (Å²) in [5, 5.41) is 21.3. The van der Waals surface area contributed by atoms with Gasteiger partial charge in [0.25, 0.3) is 0 Å². The first-order chi connectivity index (χ1) is 8.76. The van der Waals surface area contributed by atoms with Crippen LogP contribution in [0.5, 0.6) is 0 Å². The van der Waals surface area contributed by atoms with Crippen LogP contribution in [0.3, 0.4) is 0 Å². The van der Waals surface area contributed by atoms with Gasteiger partial charge in [-0.1, -0.05) is 6.42 Å². The highest BCUT2D eigenvalue weighted by Crippen LogP contribution is 2.31. The molecule has 0 radical (unpaired) electrons. The van der Waals surface area contributed by atoms with Gasteiger partial charge in [0.15, 0.2) is 5.72 Å². The molecule has 0 amide bonds. The van der Waals surface area contributed by atoms with Crippen molar-refractivity contribution in [1.82, 2.24) is 9.78 Å². The van der Waals surface area contributed by atoms with Crippen LogP contribution in [0.25, 0.3) is 0 Å². The molecule has 1 aromatic rings. The van der Waals surface area contributed by atoms with Crippen molar-refractivity contribution in [1.29, 1.82) is 0 Å². The fourth-order valence-electron chi connectivity index (χ4n) is 1.86. The molecule has 8 heteroatoms. The van der Waals surface area contributed by atoms with E-state index in [-0.39, 0.29) is 0 Å². The first-order valence-electron chi connectivity index (χ1n) is 5.78. The number of carboxylic acids is 1. The van der Waals surface area contributed by atoms with E-state index in [0.717, 1.165) is 25.7 Å². The van der Waals surface area contributed by atoms with Crippen molar-refractivity contribution in [3.63, 3.8) is 0 Å². The van der Waals surface area contributed by atoms with Crippen LogP contribution in [0.15, 0.2) is 18.5 Å². The number of hydrogen-bond acceptors (Lipinski definition) is 3. The highest BCUT2D eigenvalue weighted by molar-refractivity contribution is 5.73. The Balaban J connectivity index is 0.000000224. The maximum Gasteiger partial charge on any atom is 0.490 e. The van der Waals surface area contributed by atoms with E-state index in [1.54, 1.807) is 10.9 Å². The summed E-state index contributed by atoms with van der Waals surface area (Å²) in [5.74, 6) is -2.76. The number of hydrogen-bond donors (Lipinski definition) is 2. The highest BCUT2D eigenvalue weighted by Gasteiger charge is 2.38. The molecule has 2 rings (SSSR count). The zero-order valence-corrected chi connectivity index (χ0v) is 10.1. The Morgan fingerprint density at radius 3 is 2.16 bits per heavy atom. The average Bonchev–Trinajstić information content (AvgIpc) is 2.83. The fourth-order valence-corrected chi connectivity index (χ4v) is 1.86. The third-order valence-corrected chi connectivity index (χ3v) is 2.83. The van der Waals surface area contributed by atoms with Crippen molar-refractivity contribution in [3.8, 4) is 0 Å². The second-order valence-electron chi connectivity index (χ2n) is 4.30. The molecule has 0 spiro atoms. The minimum Gasteiger partial charge on any atom is -0.475 e. The van der Waals surface area contributed by atoms with Gasteiger partial charge in [0.2, 0.25) is 0 Å². The molecule has 2 N–H and O–H groups in total. The Bertz CT molecular complexity index is 398. The Morgan fingerprint density at radius 2 is 1.79 bits per heavy atom. The maximum atomic E-state index is 10.6. The van der Waals surface area contributed by atoms with Crippen molar-refractivity contribution in [3.05, 3.63) is 18.5 Å². The summed E-state index contributed by atoms with van der Waals surface area (Å²) in [7, 11) is 0. The lowest BCUT2D eigenvalue weighted by Gasteiger charge is -2.32. The van der Waals surface area contributed by atoms with Crippen LogP contribution in [0.2, 0.25) is 0 Å². The van der Waals surface area contributed by atoms with Crippen LogP contribution in [0, 0.1) is 0 Å². The van der Waals surface area contributed by atoms with E-state index < -0.39 is 17.9 Å². The first-order valence-corrected chi connectivity index (χ1v) is 5.78. The number of carboxylic acid groups (broad SMARTS) is 1. The Hall–Kier alpha value is -1.57. The number of carbonyl (C=O) groups is 1. The molecule has 1 aromatic heterocycles. The van der Waals surface area contributed by atoms with Crippen LogP contribution in [0.4, 0.5) is 13.2 Å². The molecule has 1 fully saturated rings. The zero-order chi connectivity index (χ0) is 14.5. The van der Waals surface area contributed by atoms with E-state index in [9.17, 15) is 18.3 Å². The Morgan fingerprint density at radius 1 is 1.26 bits per heavy atom. The zero-order valence-electron chi connectivity index (χ0n) is 10.1. The van der Waals surface area contributed by atoms with E-state index in [1.807, 2.05) is 12.3 Å². The average molecular weight is 280 g/mol. The predicted octanol–water partition coefficient (Wildman–Crippen LogP) is 2.13. The lowest BCUT2D eigenvalue weighted by molar-refractivity contribution is -0.192. The van der Waals surface area contributed by atoms with Gasteiger partial charge in [-0.15, -0.1) is 0 Å². The van der Waals surface area contributed by atoms with Crippen LogP contribution in [-0.2, 0) is 10.5 Å². The number of aliphatic carboxylic acids is 1. The monoisotopic (exact) mass is 280 g/mol. The van der Waals surface area contributed by atoms with Crippen molar-refractivity contribution < 1.29 is 28.2 Å². The molecule has 1 saturated carbocycles. The standard InChI is InChI=1S/C9H14N2O.C2HF3O2/c12-9(5-2-1-3-6-9)11-8-4-7-10-11;3-2(4,5)1(6)7/h4,7-8,12H,1-3,5-6H2;(H,6,7). The van der Waals surface area contributed by atoms with E-state index >= 15 is 0 Å². The van der Waals surface area contributed by atoms with Gasteiger partial charge in [0.05, 0.1) is 0 Å². The molecule has 0 aromatic carbocycles. The summed E-state index contributed by atoms with van der Waals surface area (Å²) in [6.45, 7) is 0. The molecule has 1 aliphatic rings. The number of rotatable bonds is 1. The summed E-state index contributed by atoms with van der Waals surface area (Å²) in [4.78, 5) is 8.90. The number of alkyl halides is 3. The molecule has 1 heterocycles. The van der Waals surface area contributed by atoms with Gasteiger partial charge >= 0.3 is 12.1 Å². The van der Waals surface area contributed by atoms with E-state index in [2.05, 4.69) is 5.10 Å². The third kappa shape index (κ3) is 4.55. The molecule has 0 aliphatic heterocycles. The maximum absolute atomic E-state index is 10.6. The molecular formula is C11H15F3N2O3. The van der Waals surface area contributed by atoms with Crippen molar-refractivity contribution in [2.45, 2.75) is 44.0 Å². The molecule has 5 nitrogen and oxygen atoms in total. The van der Waals surface area contributed by atoms with Crippen molar-refractivity contribution in [2.24, 2.45) is 0 Å². The summed E-state index contributed by atoms with van der Waals surface area (Å²) < 4.78 is 33.4. The lowest BCUT2D eigenvalue weighted by Crippen LogP contribution is -2.35. The van der Waals surface area contributed by atoms with Crippen molar-refractivity contribution in [2.75, 3.05) is 0 Å². The molecule has 19 heavy (non-hydrogen) atoms. The number of aromatic nitrogens is 2. The Kier molecular flexibility index (Phi) is 4.93. The van der Waals surface area contributed by atoms with Gasteiger partial charge in [-0.2, -0.15) is 18.3 Å². The smallest absolute Gasteiger partial charge is 0.475 e. The number of nitrogens with zero attached hydrogens (tertiary/aromatic N) is 2. The van der Waals surface area contributed by atoms with E-state index in [1.165, 1.54) is 6.42 Å². The number of halogens is 3. The lowest BCUT2D eigenvalue weighted by atomic mass is 9.92. The molecule has 1 aliphatic carbocycles. The molecule has 0 atom stereocenters. The largest absolute Gasteiger partial charge is 0.490 e. The summed E-state index contributed by atoms with van der Waals surface area (Å²) in [6.07, 6.45) is 3.61. The molecule has 0 unspecified atom stereocenters. The summed E-state index contributed by atoms with van der Waals surface area (Å²) >= 11 is 0. The molecular weight excluding hydrogens is 265 g/mol. The van der Waals surface area contributed by atoms with Gasteiger partial charge < -0.3 is 10.2 Å². The summed E-state index contributed by atoms with van der Waals surface area (Å²) in [6, 6.07) is 1.85. The normalized spacial score (nSPS) is 18.3. The van der Waals surface area contributed by atoms with Gasteiger partial charge in [-0.05, 0) is 31.7 Å². The molecule has 108 valence electrons.